The predicted molar refractivity (Wildman–Crippen MR) is 112 cm³/mol. The molecule has 3 heterocycles. The molecule has 3 aromatic rings. The minimum Gasteiger partial charge on any atom is -0.338 e. The van der Waals surface area contributed by atoms with Crippen LogP contribution in [-0.2, 0) is 10.2 Å². The van der Waals surface area contributed by atoms with Crippen molar-refractivity contribution in [1.82, 2.24) is 20.2 Å². The SMILES string of the molecule is CCCCCN1C(=O)C(C)(C)c2cc3[nH]c(/C=C/c4cccnn4)nc3cc21. The summed E-state index contributed by atoms with van der Waals surface area (Å²) in [7, 11) is 0. The van der Waals surface area contributed by atoms with Crippen molar-refractivity contribution in [3.8, 4) is 0 Å². The number of H-pyrrole nitrogens is 1. The van der Waals surface area contributed by atoms with Crippen LogP contribution in [0, 0.1) is 0 Å². The van der Waals surface area contributed by atoms with Gasteiger partial charge in [-0.25, -0.2) is 4.98 Å². The van der Waals surface area contributed by atoms with Gasteiger partial charge in [-0.2, -0.15) is 10.2 Å². The average Bonchev–Trinajstić information content (AvgIpc) is 3.18. The third-order valence-corrected chi connectivity index (χ3v) is 5.35. The molecule has 1 amide bonds. The number of carbonyl (C=O) groups is 1. The van der Waals surface area contributed by atoms with E-state index in [0.717, 1.165) is 59.6 Å². The summed E-state index contributed by atoms with van der Waals surface area (Å²) in [5.41, 5.74) is 4.12. The standard InChI is InChI=1S/C22H25N5O/c1-4-5-6-12-27-19-14-18-17(13-16(19)22(2,3)21(27)28)24-20(25-18)10-9-15-8-7-11-23-26-15/h7-11,13-14H,4-6,12H2,1-3H3,(H,24,25)/b10-9+. The maximum atomic E-state index is 13.0. The predicted octanol–water partition coefficient (Wildman–Crippen LogP) is 4.34. The van der Waals surface area contributed by atoms with Gasteiger partial charge in [-0.1, -0.05) is 19.8 Å². The van der Waals surface area contributed by atoms with Gasteiger partial charge >= 0.3 is 0 Å². The van der Waals surface area contributed by atoms with E-state index in [4.69, 9.17) is 0 Å². The molecule has 28 heavy (non-hydrogen) atoms. The molecule has 1 N–H and O–H groups in total. The van der Waals surface area contributed by atoms with E-state index in [1.54, 1.807) is 6.20 Å². The van der Waals surface area contributed by atoms with Crippen LogP contribution >= 0.6 is 0 Å². The topological polar surface area (TPSA) is 74.8 Å². The number of anilines is 1. The van der Waals surface area contributed by atoms with Gasteiger partial charge in [0.15, 0.2) is 0 Å². The first-order chi connectivity index (χ1) is 13.5. The molecule has 0 fully saturated rings. The summed E-state index contributed by atoms with van der Waals surface area (Å²) in [6.07, 6.45) is 8.70. The number of aromatic nitrogens is 4. The number of hydrogen-bond acceptors (Lipinski definition) is 4. The molecule has 144 valence electrons. The quantitative estimate of drug-likeness (QED) is 0.651. The number of imidazole rings is 1. The molecule has 1 aromatic carbocycles. The Kier molecular flexibility index (Phi) is 4.71. The molecule has 0 saturated carbocycles. The van der Waals surface area contributed by atoms with Crippen LogP contribution in [0.5, 0.6) is 0 Å². The fraction of sp³-hybridized carbons (Fsp3) is 0.364. The van der Waals surface area contributed by atoms with Crippen LogP contribution in [0.2, 0.25) is 0 Å². The number of hydrogen-bond donors (Lipinski definition) is 1. The number of rotatable bonds is 6. The first kappa shape index (κ1) is 18.3. The lowest BCUT2D eigenvalue weighted by molar-refractivity contribution is -0.122. The first-order valence-electron chi connectivity index (χ1n) is 9.82. The lowest BCUT2D eigenvalue weighted by atomic mass is 9.86. The summed E-state index contributed by atoms with van der Waals surface area (Å²) in [5.74, 6) is 0.931. The molecule has 2 aromatic heterocycles. The van der Waals surface area contributed by atoms with Gasteiger partial charge in [-0.3, -0.25) is 4.79 Å². The van der Waals surface area contributed by atoms with Crippen LogP contribution in [0.25, 0.3) is 23.2 Å². The minimum atomic E-state index is -0.517. The molecule has 0 aliphatic carbocycles. The smallest absolute Gasteiger partial charge is 0.237 e. The van der Waals surface area contributed by atoms with E-state index in [-0.39, 0.29) is 5.91 Å². The highest BCUT2D eigenvalue weighted by molar-refractivity contribution is 6.09. The van der Waals surface area contributed by atoms with Crippen molar-refractivity contribution in [2.45, 2.75) is 45.4 Å². The summed E-state index contributed by atoms with van der Waals surface area (Å²) in [6, 6.07) is 7.86. The molecule has 4 rings (SSSR count). The summed E-state index contributed by atoms with van der Waals surface area (Å²) < 4.78 is 0. The van der Waals surface area contributed by atoms with Crippen LogP contribution in [0.15, 0.2) is 30.5 Å². The summed E-state index contributed by atoms with van der Waals surface area (Å²) in [6.45, 7) is 6.95. The zero-order valence-electron chi connectivity index (χ0n) is 16.6. The van der Waals surface area contributed by atoms with Crippen LogP contribution in [-0.4, -0.2) is 32.6 Å². The van der Waals surface area contributed by atoms with Gasteiger partial charge in [-0.15, -0.1) is 0 Å². The number of carbonyl (C=O) groups excluding carboxylic acids is 1. The second-order valence-corrected chi connectivity index (χ2v) is 7.78. The van der Waals surface area contributed by atoms with E-state index in [9.17, 15) is 4.79 Å². The lowest BCUT2D eigenvalue weighted by Gasteiger charge is -2.20. The van der Waals surface area contributed by atoms with Crippen molar-refractivity contribution >= 4 is 34.8 Å². The summed E-state index contributed by atoms with van der Waals surface area (Å²) >= 11 is 0. The second kappa shape index (κ2) is 7.19. The van der Waals surface area contributed by atoms with Gasteiger partial charge in [0.05, 0.1) is 27.8 Å². The number of benzene rings is 1. The largest absolute Gasteiger partial charge is 0.338 e. The van der Waals surface area contributed by atoms with Crippen LogP contribution in [0.4, 0.5) is 5.69 Å². The Bertz CT molecular complexity index is 1040. The third-order valence-electron chi connectivity index (χ3n) is 5.35. The Balaban J connectivity index is 1.69. The van der Waals surface area contributed by atoms with Crippen LogP contribution in [0.3, 0.4) is 0 Å². The molecule has 1 aliphatic heterocycles. The summed E-state index contributed by atoms with van der Waals surface area (Å²) in [4.78, 5) is 22.9. The number of nitrogens with zero attached hydrogens (tertiary/aromatic N) is 4. The van der Waals surface area contributed by atoms with Gasteiger partial charge in [-0.05, 0) is 62.2 Å². The van der Waals surface area contributed by atoms with Crippen molar-refractivity contribution in [2.75, 3.05) is 11.4 Å². The fourth-order valence-corrected chi connectivity index (χ4v) is 3.74. The number of nitrogens with one attached hydrogen (secondary N) is 1. The van der Waals surface area contributed by atoms with Gasteiger partial charge < -0.3 is 9.88 Å². The van der Waals surface area contributed by atoms with E-state index in [0.29, 0.717) is 0 Å². The van der Waals surface area contributed by atoms with E-state index >= 15 is 0 Å². The Hall–Kier alpha value is -3.02. The Morgan fingerprint density at radius 2 is 2.07 bits per heavy atom. The Labute approximate surface area is 164 Å². The van der Waals surface area contributed by atoms with E-state index < -0.39 is 5.41 Å². The van der Waals surface area contributed by atoms with Gasteiger partial charge in [0, 0.05) is 12.7 Å². The molecule has 0 radical (unpaired) electrons. The van der Waals surface area contributed by atoms with E-state index in [1.165, 1.54) is 0 Å². The maximum absolute atomic E-state index is 13.0. The number of fused-ring (bicyclic) bond motifs is 2. The second-order valence-electron chi connectivity index (χ2n) is 7.78. The zero-order valence-corrected chi connectivity index (χ0v) is 16.6. The average molecular weight is 375 g/mol. The Morgan fingerprint density at radius 3 is 2.82 bits per heavy atom. The summed E-state index contributed by atoms with van der Waals surface area (Å²) in [5, 5.41) is 7.92. The number of unbranched alkanes of at least 4 members (excludes halogenated alkanes) is 2. The van der Waals surface area contributed by atoms with Crippen LogP contribution in [0.1, 0.15) is 57.1 Å². The van der Waals surface area contributed by atoms with Crippen LogP contribution < -0.4 is 4.90 Å². The Morgan fingerprint density at radius 1 is 1.21 bits per heavy atom. The normalized spacial score (nSPS) is 15.7. The fourth-order valence-electron chi connectivity index (χ4n) is 3.74. The zero-order chi connectivity index (χ0) is 19.7. The van der Waals surface area contributed by atoms with Gasteiger partial charge in [0.2, 0.25) is 5.91 Å². The minimum absolute atomic E-state index is 0.175. The highest BCUT2D eigenvalue weighted by atomic mass is 16.2. The third kappa shape index (κ3) is 3.19. The molecule has 0 bridgehead atoms. The highest BCUT2D eigenvalue weighted by Gasteiger charge is 2.43. The molecule has 1 aliphatic rings. The molecule has 6 nitrogen and oxygen atoms in total. The molecule has 0 unspecified atom stereocenters. The van der Waals surface area contributed by atoms with Gasteiger partial charge in [0.25, 0.3) is 0 Å². The maximum Gasteiger partial charge on any atom is 0.237 e. The van der Waals surface area contributed by atoms with E-state index in [1.807, 2.05) is 49.1 Å². The first-order valence-corrected chi connectivity index (χ1v) is 9.82. The molecule has 6 heteroatoms. The molecular formula is C22H25N5O. The van der Waals surface area contributed by atoms with Crippen molar-refractivity contribution in [3.63, 3.8) is 0 Å². The van der Waals surface area contributed by atoms with Crippen molar-refractivity contribution in [1.29, 1.82) is 0 Å². The molecular weight excluding hydrogens is 350 g/mol. The molecule has 0 saturated heterocycles. The monoisotopic (exact) mass is 375 g/mol. The molecule has 0 atom stereocenters. The van der Waals surface area contributed by atoms with E-state index in [2.05, 4.69) is 33.2 Å². The van der Waals surface area contributed by atoms with Crippen molar-refractivity contribution in [2.24, 2.45) is 0 Å². The molecule has 0 spiro atoms. The lowest BCUT2D eigenvalue weighted by Crippen LogP contribution is -2.36. The number of aromatic amines is 1. The number of amides is 1. The highest BCUT2D eigenvalue weighted by Crippen LogP contribution is 2.43. The van der Waals surface area contributed by atoms with Crippen molar-refractivity contribution < 1.29 is 4.79 Å². The van der Waals surface area contributed by atoms with Crippen molar-refractivity contribution in [3.05, 3.63) is 47.5 Å². The van der Waals surface area contributed by atoms with Gasteiger partial charge in [0.1, 0.15) is 5.82 Å².